The smallest absolute Gasteiger partial charge is 0.456 e. The Morgan fingerprint density at radius 1 is 0.420 bits per heavy atom. The van der Waals surface area contributed by atoms with Crippen molar-refractivity contribution in [2.24, 2.45) is 0 Å². The van der Waals surface area contributed by atoms with E-state index in [9.17, 15) is 19.0 Å². The molecular formula is C71H140N2O7P+. The highest BCUT2D eigenvalue weighted by Gasteiger charge is 2.30. The van der Waals surface area contributed by atoms with Crippen LogP contribution in [-0.4, -0.2) is 74.3 Å². The second-order valence-electron chi connectivity index (χ2n) is 25.8. The quantitative estimate of drug-likeness (QED) is 0.0205. The van der Waals surface area contributed by atoms with E-state index in [1.807, 2.05) is 33.3 Å². The summed E-state index contributed by atoms with van der Waals surface area (Å²) in [5.74, 6) is -0.489. The standard InChI is InChI=1S/C71H139N2O7P/c1-7-10-13-16-19-22-25-28-30-31-32-33-34-35-36-37-38-39-40-41-43-46-49-52-55-58-61-64-71(75)80-69(62-59-56-53-50-47-44-27-24-21-18-15-12-9-3)68(67-79-81(76,77)78-66-65-73(4,5)6)72-70(74)63-60-57-54-51-48-45-42-29-26-23-20-17-14-11-8-2/h23,26,59,62,68-69H,7-22,24-25,27-58,60-61,63-67H2,1-6H3,(H-,72,74,76,77)/p+1/b26-23-,62-59-. The Kier molecular flexibility index (Phi) is 60.4. The average Bonchev–Trinajstić information content (AvgIpc) is 3.44. The summed E-state index contributed by atoms with van der Waals surface area (Å²) in [6.07, 6.45) is 74.8. The number of nitrogens with zero attached hydrogens (tertiary/aromatic N) is 1. The highest BCUT2D eigenvalue weighted by Crippen LogP contribution is 2.43. The second-order valence-corrected chi connectivity index (χ2v) is 27.2. The zero-order chi connectivity index (χ0) is 59.3. The summed E-state index contributed by atoms with van der Waals surface area (Å²) in [7, 11) is 1.51. The maximum absolute atomic E-state index is 13.6. The van der Waals surface area contributed by atoms with Crippen LogP contribution in [0, 0.1) is 0 Å². The van der Waals surface area contributed by atoms with Crippen molar-refractivity contribution in [3.05, 3.63) is 24.3 Å². The van der Waals surface area contributed by atoms with Crippen molar-refractivity contribution in [2.45, 2.75) is 380 Å². The number of phosphoric acid groups is 1. The topological polar surface area (TPSA) is 111 Å². The summed E-state index contributed by atoms with van der Waals surface area (Å²) in [5.41, 5.74) is 0. The Morgan fingerprint density at radius 3 is 1.06 bits per heavy atom. The number of carbonyl (C=O) groups is 2. The largest absolute Gasteiger partial charge is 0.472 e. The molecule has 3 unspecified atom stereocenters. The first-order valence-electron chi connectivity index (χ1n) is 35.7. The van der Waals surface area contributed by atoms with Gasteiger partial charge in [0.1, 0.15) is 19.3 Å². The maximum Gasteiger partial charge on any atom is 0.472 e. The fraction of sp³-hybridized carbons (Fsp3) is 0.915. The van der Waals surface area contributed by atoms with Crippen LogP contribution in [0.1, 0.15) is 367 Å². The van der Waals surface area contributed by atoms with Gasteiger partial charge in [0, 0.05) is 12.8 Å². The number of amides is 1. The molecule has 0 aliphatic heterocycles. The van der Waals surface area contributed by atoms with Gasteiger partial charge in [-0.05, 0) is 57.4 Å². The molecule has 10 heteroatoms. The molecular weight excluding hydrogens is 1020 g/mol. The van der Waals surface area contributed by atoms with E-state index in [2.05, 4.69) is 38.2 Å². The summed E-state index contributed by atoms with van der Waals surface area (Å²) >= 11 is 0. The van der Waals surface area contributed by atoms with Crippen LogP contribution in [0.5, 0.6) is 0 Å². The third kappa shape index (κ3) is 62.8. The lowest BCUT2D eigenvalue weighted by atomic mass is 10.0. The first kappa shape index (κ1) is 79.5. The summed E-state index contributed by atoms with van der Waals surface area (Å²) in [6, 6.07) is -0.846. The van der Waals surface area contributed by atoms with Crippen molar-refractivity contribution in [3.63, 3.8) is 0 Å². The van der Waals surface area contributed by atoms with Gasteiger partial charge in [-0.15, -0.1) is 0 Å². The van der Waals surface area contributed by atoms with Crippen LogP contribution < -0.4 is 5.32 Å². The first-order chi connectivity index (χ1) is 39.4. The minimum absolute atomic E-state index is 0.0431. The zero-order valence-corrected chi connectivity index (χ0v) is 56.0. The Balaban J connectivity index is 4.98. The number of phosphoric ester groups is 1. The summed E-state index contributed by atoms with van der Waals surface area (Å²) in [4.78, 5) is 37.8. The SMILES string of the molecule is CCCCCC/C=C\CCCCCCCCCC(=O)NC(COP(=O)(O)OCC[N+](C)(C)C)C(/C=C\CCCCCCCCCCCCC)OC(=O)CCCCCCCCCCCCCCCCCCCCCCCCCCCCC. The molecule has 480 valence electrons. The lowest BCUT2D eigenvalue weighted by Crippen LogP contribution is -2.47. The number of carbonyl (C=O) groups excluding carboxylic acids is 2. The molecule has 3 atom stereocenters. The van der Waals surface area contributed by atoms with E-state index in [1.165, 1.54) is 270 Å². The second kappa shape index (κ2) is 61.6. The number of ether oxygens (including phenoxy) is 1. The van der Waals surface area contributed by atoms with Crippen LogP contribution >= 0.6 is 7.82 Å². The molecule has 1 amide bonds. The van der Waals surface area contributed by atoms with Crippen molar-refractivity contribution in [1.82, 2.24) is 5.32 Å². The zero-order valence-electron chi connectivity index (χ0n) is 55.1. The Morgan fingerprint density at radius 2 is 0.716 bits per heavy atom. The van der Waals surface area contributed by atoms with E-state index < -0.39 is 20.0 Å². The van der Waals surface area contributed by atoms with Crippen LogP contribution in [0.25, 0.3) is 0 Å². The summed E-state index contributed by atoms with van der Waals surface area (Å²) < 4.78 is 30.8. The molecule has 0 bridgehead atoms. The number of unbranched alkanes of at least 4 members (excludes halogenated alkanes) is 48. The fourth-order valence-electron chi connectivity index (χ4n) is 10.9. The van der Waals surface area contributed by atoms with Gasteiger partial charge in [0.2, 0.25) is 5.91 Å². The average molecular weight is 1160 g/mol. The lowest BCUT2D eigenvalue weighted by Gasteiger charge is -2.27. The normalized spacial score (nSPS) is 13.6. The molecule has 0 heterocycles. The van der Waals surface area contributed by atoms with Crippen molar-refractivity contribution in [2.75, 3.05) is 40.9 Å². The molecule has 0 aromatic rings. The van der Waals surface area contributed by atoms with Crippen molar-refractivity contribution in [1.29, 1.82) is 0 Å². The molecule has 0 aromatic heterocycles. The Hall–Kier alpha value is -1.51. The van der Waals surface area contributed by atoms with Crippen LogP contribution in [0.2, 0.25) is 0 Å². The minimum Gasteiger partial charge on any atom is -0.456 e. The number of likely N-dealkylation sites (N-methyl/N-ethyl adjacent to an activating group) is 1. The third-order valence-electron chi connectivity index (χ3n) is 16.4. The van der Waals surface area contributed by atoms with Crippen LogP contribution in [0.4, 0.5) is 0 Å². The molecule has 0 radical (unpaired) electrons. The molecule has 2 N–H and O–H groups in total. The number of hydrogen-bond donors (Lipinski definition) is 2. The van der Waals surface area contributed by atoms with Crippen LogP contribution in [-0.2, 0) is 27.9 Å². The first-order valence-corrected chi connectivity index (χ1v) is 37.2. The molecule has 0 saturated carbocycles. The molecule has 0 spiro atoms. The molecule has 0 aliphatic carbocycles. The van der Waals surface area contributed by atoms with Crippen LogP contribution in [0.15, 0.2) is 24.3 Å². The lowest BCUT2D eigenvalue weighted by molar-refractivity contribution is -0.870. The highest BCUT2D eigenvalue weighted by atomic mass is 31.2. The van der Waals surface area contributed by atoms with E-state index in [0.29, 0.717) is 23.9 Å². The van der Waals surface area contributed by atoms with E-state index in [1.54, 1.807) is 0 Å². The van der Waals surface area contributed by atoms with Gasteiger partial charge in [-0.3, -0.25) is 18.6 Å². The van der Waals surface area contributed by atoms with E-state index in [4.69, 9.17) is 13.8 Å². The number of allylic oxidation sites excluding steroid dienone is 3. The van der Waals surface area contributed by atoms with Gasteiger partial charge >= 0.3 is 13.8 Å². The van der Waals surface area contributed by atoms with Gasteiger partial charge in [0.15, 0.2) is 0 Å². The monoisotopic (exact) mass is 1160 g/mol. The predicted molar refractivity (Wildman–Crippen MR) is 351 cm³/mol. The number of nitrogens with one attached hydrogen (secondary N) is 1. The van der Waals surface area contributed by atoms with E-state index in [-0.39, 0.29) is 25.1 Å². The van der Waals surface area contributed by atoms with Crippen molar-refractivity contribution < 1.29 is 37.3 Å². The highest BCUT2D eigenvalue weighted by molar-refractivity contribution is 7.47. The Bertz CT molecular complexity index is 1430. The number of quaternary nitrogens is 1. The van der Waals surface area contributed by atoms with Gasteiger partial charge < -0.3 is 19.4 Å². The fourth-order valence-corrected chi connectivity index (χ4v) is 11.6. The third-order valence-corrected chi connectivity index (χ3v) is 17.4. The molecule has 0 aromatic carbocycles. The molecule has 0 saturated heterocycles. The number of rotatable bonds is 66. The van der Waals surface area contributed by atoms with Gasteiger partial charge in [-0.25, -0.2) is 4.57 Å². The number of esters is 1. The van der Waals surface area contributed by atoms with E-state index >= 15 is 0 Å². The van der Waals surface area contributed by atoms with Gasteiger partial charge in [0.25, 0.3) is 0 Å². The van der Waals surface area contributed by atoms with Gasteiger partial charge in [-0.1, -0.05) is 322 Å². The Labute approximate surface area is 504 Å². The van der Waals surface area contributed by atoms with Crippen LogP contribution in [0.3, 0.4) is 0 Å². The molecule has 81 heavy (non-hydrogen) atoms. The summed E-state index contributed by atoms with van der Waals surface area (Å²) in [6.45, 7) is 7.06. The molecule has 0 aliphatic rings. The van der Waals surface area contributed by atoms with Gasteiger partial charge in [-0.2, -0.15) is 0 Å². The predicted octanol–water partition coefficient (Wildman–Crippen LogP) is 22.5. The molecule has 9 nitrogen and oxygen atoms in total. The van der Waals surface area contributed by atoms with E-state index in [0.717, 1.165) is 64.2 Å². The maximum atomic E-state index is 13.6. The van der Waals surface area contributed by atoms with Crippen molar-refractivity contribution in [3.8, 4) is 0 Å². The molecule has 0 fully saturated rings. The number of hydrogen-bond acceptors (Lipinski definition) is 6. The summed E-state index contributed by atoms with van der Waals surface area (Å²) in [5, 5.41) is 3.07. The van der Waals surface area contributed by atoms with Gasteiger partial charge in [0.05, 0.1) is 33.8 Å². The molecule has 0 rings (SSSR count). The minimum atomic E-state index is -4.45. The van der Waals surface area contributed by atoms with Crippen molar-refractivity contribution >= 4 is 19.7 Å².